The third-order valence-electron chi connectivity index (χ3n) is 7.95. The summed E-state index contributed by atoms with van der Waals surface area (Å²) in [6, 6.07) is 4.50. The molecule has 5 rings (SSSR count). The summed E-state index contributed by atoms with van der Waals surface area (Å²) in [6.45, 7) is 1.11. The van der Waals surface area contributed by atoms with Crippen molar-refractivity contribution in [3.05, 3.63) is 35.4 Å². The van der Waals surface area contributed by atoms with Crippen LogP contribution in [-0.4, -0.2) is 69.7 Å². The summed E-state index contributed by atoms with van der Waals surface area (Å²) in [7, 11) is 5.16. The molecule has 1 spiro atoms. The highest BCUT2D eigenvalue weighted by molar-refractivity contribution is 5.71. The van der Waals surface area contributed by atoms with Crippen molar-refractivity contribution >= 4 is 11.9 Å². The van der Waals surface area contributed by atoms with Crippen molar-refractivity contribution in [1.29, 1.82) is 0 Å². The molecule has 0 N–H and O–H groups in total. The second-order valence-electron chi connectivity index (χ2n) is 9.71. The number of methoxy groups -OCH3 is 2. The first kappa shape index (κ1) is 23.2. The molecule has 1 saturated heterocycles. The van der Waals surface area contributed by atoms with Crippen LogP contribution in [0.4, 0.5) is 0 Å². The molecule has 1 fully saturated rings. The van der Waals surface area contributed by atoms with Crippen LogP contribution >= 0.6 is 0 Å². The molecular formula is C26H33NO7. The fourth-order valence-corrected chi connectivity index (χ4v) is 6.40. The Morgan fingerprint density at radius 3 is 2.71 bits per heavy atom. The molecule has 2 aliphatic carbocycles. The van der Waals surface area contributed by atoms with E-state index in [1.54, 1.807) is 7.11 Å². The summed E-state index contributed by atoms with van der Waals surface area (Å²) in [5.74, 6) is 1.20. The average Bonchev–Trinajstić information content (AvgIpc) is 3.19. The predicted octanol–water partition coefficient (Wildman–Crippen LogP) is 2.76. The largest absolute Gasteiger partial charge is 0.481 e. The van der Waals surface area contributed by atoms with Gasteiger partial charge < -0.3 is 28.6 Å². The van der Waals surface area contributed by atoms with E-state index in [4.69, 9.17) is 18.9 Å². The number of hydrogen-bond acceptors (Lipinski definition) is 8. The van der Waals surface area contributed by atoms with E-state index in [-0.39, 0.29) is 42.6 Å². The van der Waals surface area contributed by atoms with Crippen molar-refractivity contribution in [2.24, 2.45) is 5.92 Å². The maximum absolute atomic E-state index is 12.7. The Balaban J connectivity index is 1.40. The Kier molecular flexibility index (Phi) is 6.29. The highest BCUT2D eigenvalue weighted by Crippen LogP contribution is 2.62. The number of piperidine rings is 1. The molecule has 0 saturated carbocycles. The van der Waals surface area contributed by atoms with Gasteiger partial charge in [-0.25, -0.2) is 0 Å². The summed E-state index contributed by atoms with van der Waals surface area (Å²) < 4.78 is 28.3. The van der Waals surface area contributed by atoms with Crippen molar-refractivity contribution in [2.45, 2.75) is 62.2 Å². The number of benzene rings is 1. The monoisotopic (exact) mass is 471 g/mol. The van der Waals surface area contributed by atoms with Crippen LogP contribution in [-0.2, 0) is 35.6 Å². The number of carbonyl (C=O) groups is 2. The number of nitrogens with zero attached hydrogens (tertiary/aromatic N) is 1. The number of likely N-dealkylation sites (tertiary alicyclic amines) is 1. The van der Waals surface area contributed by atoms with E-state index in [1.807, 2.05) is 12.1 Å². The normalized spacial score (nSPS) is 30.3. The Bertz CT molecular complexity index is 992. The van der Waals surface area contributed by atoms with Crippen LogP contribution in [0, 0.1) is 5.92 Å². The minimum absolute atomic E-state index is 0.143. The van der Waals surface area contributed by atoms with E-state index in [2.05, 4.69) is 28.8 Å². The first-order valence-corrected chi connectivity index (χ1v) is 12.1. The number of carbonyl (C=O) groups excluding carboxylic acids is 2. The summed E-state index contributed by atoms with van der Waals surface area (Å²) in [6.07, 6.45) is 7.13. The molecule has 34 heavy (non-hydrogen) atoms. The van der Waals surface area contributed by atoms with E-state index in [0.29, 0.717) is 31.1 Å². The molecule has 8 nitrogen and oxygen atoms in total. The first-order chi connectivity index (χ1) is 16.5. The lowest BCUT2D eigenvalue weighted by Gasteiger charge is -2.56. The maximum Gasteiger partial charge on any atom is 0.306 e. The Morgan fingerprint density at radius 1 is 1.15 bits per heavy atom. The highest BCUT2D eigenvalue weighted by atomic mass is 16.7. The minimum atomic E-state index is -0.470. The molecule has 8 heteroatoms. The van der Waals surface area contributed by atoms with Gasteiger partial charge in [-0.15, -0.1) is 0 Å². The van der Waals surface area contributed by atoms with Crippen molar-refractivity contribution in [3.63, 3.8) is 0 Å². The summed E-state index contributed by atoms with van der Waals surface area (Å²) >= 11 is 0. The van der Waals surface area contributed by atoms with Crippen molar-refractivity contribution in [1.82, 2.24) is 4.90 Å². The van der Waals surface area contributed by atoms with Gasteiger partial charge in [-0.2, -0.15) is 0 Å². The van der Waals surface area contributed by atoms with Gasteiger partial charge in [0.1, 0.15) is 6.10 Å². The van der Waals surface area contributed by atoms with Crippen molar-refractivity contribution in [2.75, 3.05) is 34.6 Å². The molecule has 1 aromatic carbocycles. The van der Waals surface area contributed by atoms with Gasteiger partial charge in [0.05, 0.1) is 7.11 Å². The van der Waals surface area contributed by atoms with E-state index >= 15 is 0 Å². The Morgan fingerprint density at radius 2 is 1.94 bits per heavy atom. The fraction of sp³-hybridized carbons (Fsp3) is 0.615. The summed E-state index contributed by atoms with van der Waals surface area (Å²) in [4.78, 5) is 26.5. The van der Waals surface area contributed by atoms with Gasteiger partial charge >= 0.3 is 11.9 Å². The third-order valence-corrected chi connectivity index (χ3v) is 7.95. The van der Waals surface area contributed by atoms with Crippen LogP contribution in [0.15, 0.2) is 24.3 Å². The van der Waals surface area contributed by atoms with Crippen LogP contribution in [0.25, 0.3) is 0 Å². The summed E-state index contributed by atoms with van der Waals surface area (Å²) in [5.41, 5.74) is 2.28. The molecule has 4 aliphatic rings. The lowest BCUT2D eigenvalue weighted by molar-refractivity contribution is -0.155. The zero-order valence-corrected chi connectivity index (χ0v) is 20.1. The van der Waals surface area contributed by atoms with Gasteiger partial charge in [0.25, 0.3) is 0 Å². The topological polar surface area (TPSA) is 83.5 Å². The molecule has 1 aromatic rings. The van der Waals surface area contributed by atoms with Gasteiger partial charge in [0.2, 0.25) is 0 Å². The third kappa shape index (κ3) is 3.67. The molecule has 5 atom stereocenters. The quantitative estimate of drug-likeness (QED) is 0.235. The van der Waals surface area contributed by atoms with Gasteiger partial charge in [-0.1, -0.05) is 12.1 Å². The molecule has 2 aliphatic heterocycles. The van der Waals surface area contributed by atoms with Crippen LogP contribution in [0.1, 0.15) is 43.2 Å². The van der Waals surface area contributed by atoms with Crippen molar-refractivity contribution in [3.8, 4) is 11.5 Å². The number of rotatable bonds is 9. The molecule has 2 bridgehead atoms. The lowest BCUT2D eigenvalue weighted by atomic mass is 9.53. The molecule has 0 aromatic heterocycles. The standard InChI is InChI=1S/C26H33NO7/c1-27-13-12-26-17-9-11-20(33-22(29)7-5-4-6-21(28)31-3)25(26)34-24-19(32-15-30-2)10-8-16(23(24)26)14-18(17)27/h8-11,17-18,20,25H,4-7,12-15H2,1-3H3/t17-,18+,20-,25-,26-/m0/s1. The van der Waals surface area contributed by atoms with Crippen LogP contribution < -0.4 is 9.47 Å². The van der Waals surface area contributed by atoms with Crippen molar-refractivity contribution < 1.29 is 33.3 Å². The number of esters is 2. The van der Waals surface area contributed by atoms with Gasteiger partial charge in [-0.3, -0.25) is 9.59 Å². The number of unbranched alkanes of at least 4 members (excludes halogenated alkanes) is 1. The van der Waals surface area contributed by atoms with Gasteiger partial charge in [0, 0.05) is 42.9 Å². The first-order valence-electron chi connectivity index (χ1n) is 12.1. The number of likely N-dealkylation sites (N-methyl/N-ethyl adjacent to an activating group) is 1. The fourth-order valence-electron chi connectivity index (χ4n) is 6.40. The predicted molar refractivity (Wildman–Crippen MR) is 123 cm³/mol. The lowest BCUT2D eigenvalue weighted by Crippen LogP contribution is -2.65. The SMILES string of the molecule is COCOc1ccc2c3c1O[C@H]1[C@@H](OC(=O)CCCCC(=O)OC)C=C[C@H]4[C@@H](C2)N(C)CC[C@@]341. The molecule has 2 heterocycles. The van der Waals surface area contributed by atoms with E-state index < -0.39 is 6.10 Å². The van der Waals surface area contributed by atoms with Crippen LogP contribution in [0.5, 0.6) is 11.5 Å². The molecular weight excluding hydrogens is 438 g/mol. The summed E-state index contributed by atoms with van der Waals surface area (Å²) in [5, 5.41) is 0. The van der Waals surface area contributed by atoms with Gasteiger partial charge in [-0.05, 0) is 57.0 Å². The van der Waals surface area contributed by atoms with Crippen LogP contribution in [0.2, 0.25) is 0 Å². The van der Waals surface area contributed by atoms with E-state index in [0.717, 1.165) is 25.1 Å². The zero-order valence-electron chi connectivity index (χ0n) is 20.1. The molecule has 0 unspecified atom stereocenters. The molecule has 184 valence electrons. The van der Waals surface area contributed by atoms with Gasteiger partial charge in [0.15, 0.2) is 24.4 Å². The Labute approximate surface area is 200 Å². The molecule has 0 radical (unpaired) electrons. The van der Waals surface area contributed by atoms with E-state index in [9.17, 15) is 9.59 Å². The van der Waals surface area contributed by atoms with E-state index in [1.165, 1.54) is 18.2 Å². The second-order valence-corrected chi connectivity index (χ2v) is 9.71. The zero-order chi connectivity index (χ0) is 23.9. The minimum Gasteiger partial charge on any atom is -0.481 e. The Hall–Kier alpha value is -2.58. The number of hydrogen-bond donors (Lipinski definition) is 0. The maximum atomic E-state index is 12.7. The molecule has 0 amide bonds. The second kappa shape index (κ2) is 9.23. The highest BCUT2D eigenvalue weighted by Gasteiger charge is 2.65. The van der Waals surface area contributed by atoms with Crippen LogP contribution in [0.3, 0.4) is 0 Å². The smallest absolute Gasteiger partial charge is 0.306 e. The average molecular weight is 472 g/mol. The number of ether oxygens (including phenoxy) is 5.